The summed E-state index contributed by atoms with van der Waals surface area (Å²) < 4.78 is 1.91. The second-order valence-electron chi connectivity index (χ2n) is 6.48. The number of aryl methyl sites for hydroxylation is 2. The minimum atomic E-state index is -0.144. The van der Waals surface area contributed by atoms with Gasteiger partial charge in [0.15, 0.2) is 5.16 Å². The number of fused-ring (bicyclic) bond motifs is 1. The number of aromatic amines is 1. The molecule has 0 spiro atoms. The molecule has 0 atom stereocenters. The summed E-state index contributed by atoms with van der Waals surface area (Å²) in [4.78, 5) is 20.1. The van der Waals surface area contributed by atoms with Crippen LogP contribution >= 0.6 is 23.4 Å². The smallest absolute Gasteiger partial charge is 0.234 e. The van der Waals surface area contributed by atoms with Crippen LogP contribution in [0.25, 0.3) is 11.0 Å². The van der Waals surface area contributed by atoms with Gasteiger partial charge in [0.2, 0.25) is 5.91 Å². The van der Waals surface area contributed by atoms with Gasteiger partial charge in [-0.05, 0) is 24.3 Å². The van der Waals surface area contributed by atoms with Crippen molar-refractivity contribution in [1.82, 2.24) is 24.7 Å². The Balaban J connectivity index is 1.33. The van der Waals surface area contributed by atoms with Gasteiger partial charge in [-0.1, -0.05) is 47.6 Å². The van der Waals surface area contributed by atoms with Gasteiger partial charge >= 0.3 is 0 Å². The molecule has 2 N–H and O–H groups in total. The number of aromatic nitrogens is 5. The molecule has 0 bridgehead atoms. The number of amides is 1. The van der Waals surface area contributed by atoms with Crippen LogP contribution in [-0.4, -0.2) is 36.4 Å². The third-order valence-electron chi connectivity index (χ3n) is 4.43. The number of benzene rings is 2. The van der Waals surface area contributed by atoms with Crippen molar-refractivity contribution in [2.24, 2.45) is 7.05 Å². The fraction of sp³-hybridized carbons (Fsp3) is 0.200. The lowest BCUT2D eigenvalue weighted by Gasteiger charge is -2.07. The zero-order chi connectivity index (χ0) is 20.2. The van der Waals surface area contributed by atoms with Crippen molar-refractivity contribution in [3.05, 3.63) is 65.2 Å². The number of hydrogen-bond acceptors (Lipinski definition) is 5. The van der Waals surface area contributed by atoms with E-state index in [9.17, 15) is 4.79 Å². The van der Waals surface area contributed by atoms with Gasteiger partial charge < -0.3 is 14.9 Å². The fourth-order valence-corrected chi connectivity index (χ4v) is 3.83. The molecule has 0 unspecified atom stereocenters. The zero-order valence-electron chi connectivity index (χ0n) is 15.7. The van der Waals surface area contributed by atoms with Crippen LogP contribution in [0, 0.1) is 0 Å². The highest BCUT2D eigenvalue weighted by Gasteiger charge is 2.13. The maximum atomic E-state index is 12.2. The van der Waals surface area contributed by atoms with E-state index in [2.05, 4.69) is 25.5 Å². The number of H-pyrrole nitrogens is 1. The highest BCUT2D eigenvalue weighted by molar-refractivity contribution is 7.99. The molecule has 0 radical (unpaired) electrons. The predicted octanol–water partition coefficient (Wildman–Crippen LogP) is 3.86. The van der Waals surface area contributed by atoms with E-state index in [1.165, 1.54) is 11.8 Å². The van der Waals surface area contributed by atoms with E-state index in [1.807, 2.05) is 48.0 Å². The first-order valence-electron chi connectivity index (χ1n) is 9.09. The Kier molecular flexibility index (Phi) is 5.82. The molecule has 0 fully saturated rings. The molecule has 1 amide bonds. The largest absolute Gasteiger partial charge is 0.342 e. The van der Waals surface area contributed by atoms with Gasteiger partial charge in [-0.15, -0.1) is 10.2 Å². The molecule has 2 aromatic heterocycles. The number of para-hydroxylation sites is 3. The lowest BCUT2D eigenvalue weighted by Crippen LogP contribution is -2.14. The molecule has 7 nitrogen and oxygen atoms in total. The van der Waals surface area contributed by atoms with Gasteiger partial charge in [-0.2, -0.15) is 0 Å². The lowest BCUT2D eigenvalue weighted by atomic mass is 10.3. The van der Waals surface area contributed by atoms with Crippen LogP contribution in [0.5, 0.6) is 0 Å². The summed E-state index contributed by atoms with van der Waals surface area (Å²) in [6.45, 7) is 0. The van der Waals surface area contributed by atoms with Crippen LogP contribution in [0.1, 0.15) is 11.6 Å². The van der Waals surface area contributed by atoms with Gasteiger partial charge in [-0.3, -0.25) is 4.79 Å². The third kappa shape index (κ3) is 4.60. The zero-order valence-corrected chi connectivity index (χ0v) is 17.3. The van der Waals surface area contributed by atoms with Crippen molar-refractivity contribution in [3.8, 4) is 0 Å². The van der Waals surface area contributed by atoms with Crippen molar-refractivity contribution in [1.29, 1.82) is 0 Å². The highest BCUT2D eigenvalue weighted by atomic mass is 35.5. The van der Waals surface area contributed by atoms with Crippen LogP contribution < -0.4 is 5.32 Å². The highest BCUT2D eigenvalue weighted by Crippen LogP contribution is 2.22. The molecule has 9 heteroatoms. The summed E-state index contributed by atoms with van der Waals surface area (Å²) in [6.07, 6.45) is 1.44. The van der Waals surface area contributed by atoms with Crippen molar-refractivity contribution < 1.29 is 4.79 Å². The van der Waals surface area contributed by atoms with Crippen molar-refractivity contribution in [2.75, 3.05) is 11.1 Å². The van der Waals surface area contributed by atoms with E-state index >= 15 is 0 Å². The quantitative estimate of drug-likeness (QED) is 0.438. The standard InChI is InChI=1S/C20H19ClN6OS/c1-27-18(11-10-17-22-15-8-4-5-9-16(15)23-17)25-26-20(27)29-12-19(28)24-14-7-3-2-6-13(14)21/h2-9H,10-12H2,1H3,(H,22,23)(H,24,28). The Morgan fingerprint density at radius 3 is 2.76 bits per heavy atom. The number of halogens is 1. The normalized spacial score (nSPS) is 11.1. The molecule has 4 rings (SSSR count). The van der Waals surface area contributed by atoms with E-state index in [0.717, 1.165) is 29.1 Å². The van der Waals surface area contributed by atoms with Gasteiger partial charge in [0.1, 0.15) is 11.6 Å². The van der Waals surface area contributed by atoms with Crippen molar-refractivity contribution in [2.45, 2.75) is 18.0 Å². The molecule has 2 heterocycles. The number of anilines is 1. The summed E-state index contributed by atoms with van der Waals surface area (Å²) in [7, 11) is 1.91. The maximum absolute atomic E-state index is 12.2. The average molecular weight is 427 g/mol. The summed E-state index contributed by atoms with van der Waals surface area (Å²) in [5.41, 5.74) is 2.59. The second-order valence-corrected chi connectivity index (χ2v) is 7.82. The molecule has 0 aliphatic carbocycles. The van der Waals surface area contributed by atoms with Crippen LogP contribution in [0.2, 0.25) is 5.02 Å². The number of imidazole rings is 1. The summed E-state index contributed by atoms with van der Waals surface area (Å²) >= 11 is 7.41. The van der Waals surface area contributed by atoms with E-state index in [4.69, 9.17) is 11.6 Å². The number of hydrogen-bond donors (Lipinski definition) is 2. The van der Waals surface area contributed by atoms with E-state index in [1.54, 1.807) is 12.1 Å². The van der Waals surface area contributed by atoms with E-state index < -0.39 is 0 Å². The average Bonchev–Trinajstić information content (AvgIpc) is 3.29. The Bertz CT molecular complexity index is 1120. The SMILES string of the molecule is Cn1c(CCc2nc3ccccc3[nH]2)nnc1SCC(=O)Nc1ccccc1Cl. The maximum Gasteiger partial charge on any atom is 0.234 e. The van der Waals surface area contributed by atoms with Crippen LogP contribution in [0.3, 0.4) is 0 Å². The van der Waals surface area contributed by atoms with Crippen LogP contribution in [-0.2, 0) is 24.7 Å². The number of carbonyl (C=O) groups is 1. The Labute approximate surface area is 176 Å². The Hall–Kier alpha value is -2.84. The number of nitrogens with one attached hydrogen (secondary N) is 2. The predicted molar refractivity (Wildman–Crippen MR) is 115 cm³/mol. The summed E-state index contributed by atoms with van der Waals surface area (Å²) in [5, 5.41) is 12.5. The third-order valence-corrected chi connectivity index (χ3v) is 5.78. The lowest BCUT2D eigenvalue weighted by molar-refractivity contribution is -0.113. The van der Waals surface area contributed by atoms with Gasteiger partial charge in [0, 0.05) is 19.9 Å². The first kappa shape index (κ1) is 19.5. The minimum Gasteiger partial charge on any atom is -0.342 e. The number of rotatable bonds is 7. The van der Waals surface area contributed by atoms with Crippen molar-refractivity contribution >= 4 is 46.0 Å². The first-order valence-corrected chi connectivity index (χ1v) is 10.5. The van der Waals surface area contributed by atoms with Crippen LogP contribution in [0.15, 0.2) is 53.7 Å². The minimum absolute atomic E-state index is 0.144. The molecule has 148 valence electrons. The Morgan fingerprint density at radius 2 is 1.93 bits per heavy atom. The van der Waals surface area contributed by atoms with Crippen molar-refractivity contribution in [3.63, 3.8) is 0 Å². The number of nitrogens with zero attached hydrogens (tertiary/aromatic N) is 4. The number of thioether (sulfide) groups is 1. The molecule has 29 heavy (non-hydrogen) atoms. The molecule has 0 aliphatic rings. The molecule has 2 aromatic carbocycles. The summed E-state index contributed by atoms with van der Waals surface area (Å²) in [5.74, 6) is 1.85. The van der Waals surface area contributed by atoms with E-state index in [0.29, 0.717) is 22.3 Å². The second kappa shape index (κ2) is 8.67. The topological polar surface area (TPSA) is 88.5 Å². The fourth-order valence-electron chi connectivity index (χ4n) is 2.92. The van der Waals surface area contributed by atoms with Gasteiger partial charge in [0.25, 0.3) is 0 Å². The Morgan fingerprint density at radius 1 is 1.14 bits per heavy atom. The van der Waals surface area contributed by atoms with Gasteiger partial charge in [0.05, 0.1) is 27.5 Å². The molecular formula is C20H19ClN6OS. The molecular weight excluding hydrogens is 408 g/mol. The van der Waals surface area contributed by atoms with E-state index in [-0.39, 0.29) is 11.7 Å². The molecule has 0 aliphatic heterocycles. The van der Waals surface area contributed by atoms with Gasteiger partial charge in [-0.25, -0.2) is 4.98 Å². The summed E-state index contributed by atoms with van der Waals surface area (Å²) in [6, 6.07) is 15.1. The molecule has 0 saturated heterocycles. The number of carbonyl (C=O) groups excluding carboxylic acids is 1. The molecule has 0 saturated carbocycles. The monoisotopic (exact) mass is 426 g/mol. The first-order chi connectivity index (χ1) is 14.1. The van der Waals surface area contributed by atoms with Crippen LogP contribution in [0.4, 0.5) is 5.69 Å². The molecule has 4 aromatic rings.